The van der Waals surface area contributed by atoms with Crippen LogP contribution >= 0.6 is 11.6 Å². The number of ether oxygens (including phenoxy) is 1. The maximum Gasteiger partial charge on any atom is 0.142 e. The van der Waals surface area contributed by atoms with Crippen LogP contribution in [0.4, 0.5) is 0 Å². The van der Waals surface area contributed by atoms with E-state index in [0.717, 1.165) is 45.4 Å². The third-order valence-electron chi connectivity index (χ3n) is 4.45. The molecule has 2 N–H and O–H groups in total. The molecule has 120 valence electrons. The average molecular weight is 316 g/mol. The summed E-state index contributed by atoms with van der Waals surface area (Å²) in [5.41, 5.74) is -0.928. The van der Waals surface area contributed by atoms with Gasteiger partial charge in [-0.3, -0.25) is 0 Å². The molecule has 0 amide bonds. The molecule has 0 aliphatic carbocycles. The van der Waals surface area contributed by atoms with Gasteiger partial charge in [-0.15, -0.1) is 0 Å². The van der Waals surface area contributed by atoms with Gasteiger partial charge in [0.2, 0.25) is 0 Å². The van der Waals surface area contributed by atoms with Crippen molar-refractivity contribution in [2.45, 2.75) is 37.7 Å². The molecule has 1 aromatic rings. The first kappa shape index (κ1) is 16.7. The lowest BCUT2D eigenvalue weighted by Crippen LogP contribution is -2.45. The topological polar surface area (TPSA) is 59.3 Å². The van der Waals surface area contributed by atoms with E-state index in [-0.39, 0.29) is 5.92 Å². The number of nitrogens with one attached hydrogen (secondary N) is 1. The van der Waals surface area contributed by atoms with Crippen LogP contribution in [0.1, 0.15) is 37.9 Å². The second-order valence-electron chi connectivity index (χ2n) is 5.88. The summed E-state index contributed by atoms with van der Waals surface area (Å²) in [4.78, 5) is 4.38. The van der Waals surface area contributed by atoms with E-state index in [1.807, 2.05) is 7.05 Å². The first-order valence-electron chi connectivity index (χ1n) is 7.69. The highest BCUT2D eigenvalue weighted by Crippen LogP contribution is 2.38. The quantitative estimate of drug-likeness (QED) is 0.756. The molecule has 5 nitrogen and oxygen atoms in total. The van der Waals surface area contributed by atoms with Gasteiger partial charge in [0.1, 0.15) is 16.6 Å². The lowest BCUT2D eigenvalue weighted by Gasteiger charge is -2.38. The van der Waals surface area contributed by atoms with Gasteiger partial charge in [-0.25, -0.2) is 4.98 Å². The van der Waals surface area contributed by atoms with Crippen molar-refractivity contribution >= 4 is 11.6 Å². The molecule has 21 heavy (non-hydrogen) atoms. The van der Waals surface area contributed by atoms with Crippen molar-refractivity contribution < 1.29 is 9.84 Å². The summed E-state index contributed by atoms with van der Waals surface area (Å²) in [6, 6.07) is 0. The number of imidazole rings is 1. The summed E-state index contributed by atoms with van der Waals surface area (Å²) in [6.45, 7) is 2.57. The van der Waals surface area contributed by atoms with Crippen LogP contribution in [0.3, 0.4) is 0 Å². The molecule has 1 aliphatic rings. The Balaban J connectivity index is 2.18. The molecule has 0 bridgehead atoms. The lowest BCUT2D eigenvalue weighted by atomic mass is 9.78. The van der Waals surface area contributed by atoms with Crippen molar-refractivity contribution in [1.29, 1.82) is 0 Å². The third kappa shape index (κ3) is 3.77. The average Bonchev–Trinajstić information content (AvgIpc) is 2.85. The van der Waals surface area contributed by atoms with E-state index in [1.165, 1.54) is 0 Å². The summed E-state index contributed by atoms with van der Waals surface area (Å²) in [5, 5.41) is 15.3. The first-order valence-corrected chi connectivity index (χ1v) is 8.07. The number of hydrogen-bond acceptors (Lipinski definition) is 4. The van der Waals surface area contributed by atoms with Crippen LogP contribution in [-0.4, -0.2) is 41.5 Å². The lowest BCUT2D eigenvalue weighted by molar-refractivity contribution is -0.0527. The van der Waals surface area contributed by atoms with E-state index in [1.54, 1.807) is 17.9 Å². The summed E-state index contributed by atoms with van der Waals surface area (Å²) < 4.78 is 6.90. The monoisotopic (exact) mass is 315 g/mol. The Morgan fingerprint density at radius 2 is 2.38 bits per heavy atom. The molecule has 0 unspecified atom stereocenters. The molecule has 1 aromatic heterocycles. The van der Waals surface area contributed by atoms with Gasteiger partial charge in [0, 0.05) is 33.2 Å². The summed E-state index contributed by atoms with van der Waals surface area (Å²) in [5.74, 6) is 0.851. The standard InChI is InChI=1S/C15H26ClN3O2/c1-19-13(16)11-18-14(19)15(20,7-3-4-9-21-2)12-6-5-8-17-10-12/h11-12,17,20H,3-10H2,1-2H3/t12-,15+/m1/s1. The summed E-state index contributed by atoms with van der Waals surface area (Å²) in [7, 11) is 3.57. The molecular weight excluding hydrogens is 290 g/mol. The molecule has 6 heteroatoms. The normalized spacial score (nSPS) is 22.2. The molecular formula is C15H26ClN3O2. The summed E-state index contributed by atoms with van der Waals surface area (Å²) in [6.07, 6.45) is 6.25. The number of unbranched alkanes of at least 4 members (excludes halogenated alkanes) is 1. The predicted octanol–water partition coefficient (Wildman–Crippen LogP) is 2.08. The fourth-order valence-electron chi connectivity index (χ4n) is 3.19. The van der Waals surface area contributed by atoms with Crippen LogP contribution in [0.5, 0.6) is 0 Å². The van der Waals surface area contributed by atoms with Gasteiger partial charge in [0.15, 0.2) is 0 Å². The molecule has 0 saturated carbocycles. The number of methoxy groups -OCH3 is 1. The molecule has 1 saturated heterocycles. The maximum absolute atomic E-state index is 11.4. The van der Waals surface area contributed by atoms with Gasteiger partial charge in [0.05, 0.1) is 6.20 Å². The second kappa shape index (κ2) is 7.58. The minimum Gasteiger partial charge on any atom is -0.385 e. The van der Waals surface area contributed by atoms with Crippen molar-refractivity contribution in [3.05, 3.63) is 17.2 Å². The largest absolute Gasteiger partial charge is 0.385 e. The fraction of sp³-hybridized carbons (Fsp3) is 0.800. The third-order valence-corrected chi connectivity index (χ3v) is 4.80. The molecule has 1 fully saturated rings. The summed E-state index contributed by atoms with van der Waals surface area (Å²) >= 11 is 6.11. The molecule has 1 aliphatic heterocycles. The van der Waals surface area contributed by atoms with E-state index >= 15 is 0 Å². The predicted molar refractivity (Wildman–Crippen MR) is 83.4 cm³/mol. The van der Waals surface area contributed by atoms with Gasteiger partial charge in [-0.2, -0.15) is 0 Å². The van der Waals surface area contributed by atoms with Crippen molar-refractivity contribution in [2.24, 2.45) is 13.0 Å². The van der Waals surface area contributed by atoms with E-state index in [2.05, 4.69) is 10.3 Å². The highest BCUT2D eigenvalue weighted by molar-refractivity contribution is 6.29. The Hall–Kier alpha value is -0.620. The Bertz CT molecular complexity index is 446. The number of rotatable bonds is 7. The van der Waals surface area contributed by atoms with E-state index in [4.69, 9.17) is 16.3 Å². The SMILES string of the molecule is COCCCC[C@@](O)(c1ncc(Cl)n1C)[C@@H]1CCCNC1. The molecule has 2 rings (SSSR count). The zero-order valence-corrected chi connectivity index (χ0v) is 13.7. The Morgan fingerprint density at radius 3 is 2.95 bits per heavy atom. The van der Waals surface area contributed by atoms with Crippen LogP contribution in [0.15, 0.2) is 6.20 Å². The fourth-order valence-corrected chi connectivity index (χ4v) is 3.32. The number of piperidine rings is 1. The van der Waals surface area contributed by atoms with Gasteiger partial charge in [-0.1, -0.05) is 11.6 Å². The number of aliphatic hydroxyl groups is 1. The van der Waals surface area contributed by atoms with Crippen molar-refractivity contribution in [1.82, 2.24) is 14.9 Å². The van der Waals surface area contributed by atoms with Crippen LogP contribution < -0.4 is 5.32 Å². The van der Waals surface area contributed by atoms with E-state index in [9.17, 15) is 5.11 Å². The van der Waals surface area contributed by atoms with E-state index in [0.29, 0.717) is 17.4 Å². The van der Waals surface area contributed by atoms with Gasteiger partial charge in [0.25, 0.3) is 0 Å². The highest BCUT2D eigenvalue weighted by atomic mass is 35.5. The Kier molecular flexibility index (Phi) is 6.05. The number of halogens is 1. The first-order chi connectivity index (χ1) is 10.1. The van der Waals surface area contributed by atoms with Gasteiger partial charge >= 0.3 is 0 Å². The van der Waals surface area contributed by atoms with Gasteiger partial charge in [-0.05, 0) is 38.6 Å². The second-order valence-corrected chi connectivity index (χ2v) is 6.27. The zero-order chi connectivity index (χ0) is 15.3. The molecule has 0 aromatic carbocycles. The molecule has 0 radical (unpaired) electrons. The van der Waals surface area contributed by atoms with Crippen LogP contribution in [-0.2, 0) is 17.4 Å². The van der Waals surface area contributed by atoms with Crippen LogP contribution in [0.2, 0.25) is 5.15 Å². The van der Waals surface area contributed by atoms with Crippen molar-refractivity contribution in [2.75, 3.05) is 26.8 Å². The molecule has 0 spiro atoms. The Labute approximate surface area is 131 Å². The minimum atomic E-state index is -0.928. The molecule has 2 heterocycles. The maximum atomic E-state index is 11.4. The minimum absolute atomic E-state index is 0.172. The van der Waals surface area contributed by atoms with E-state index < -0.39 is 5.60 Å². The highest BCUT2D eigenvalue weighted by Gasteiger charge is 2.41. The smallest absolute Gasteiger partial charge is 0.142 e. The van der Waals surface area contributed by atoms with Crippen LogP contribution in [0, 0.1) is 5.92 Å². The molecule has 2 atom stereocenters. The number of hydrogen-bond donors (Lipinski definition) is 2. The van der Waals surface area contributed by atoms with Crippen molar-refractivity contribution in [3.8, 4) is 0 Å². The Morgan fingerprint density at radius 1 is 1.57 bits per heavy atom. The number of aromatic nitrogens is 2. The zero-order valence-electron chi connectivity index (χ0n) is 12.9. The van der Waals surface area contributed by atoms with Crippen molar-refractivity contribution in [3.63, 3.8) is 0 Å². The van der Waals surface area contributed by atoms with Crippen LogP contribution in [0.25, 0.3) is 0 Å². The number of nitrogens with zero attached hydrogens (tertiary/aromatic N) is 2. The van der Waals surface area contributed by atoms with Gasteiger partial charge < -0.3 is 19.7 Å².